The van der Waals surface area contributed by atoms with Gasteiger partial charge in [0.15, 0.2) is 0 Å². The summed E-state index contributed by atoms with van der Waals surface area (Å²) >= 11 is 5.20. The molecule has 1 unspecified atom stereocenters. The molecule has 6 nitrogen and oxygen atoms in total. The number of hydrogen-bond donors (Lipinski definition) is 2. The molecule has 3 rings (SSSR count). The van der Waals surface area contributed by atoms with E-state index in [1.165, 1.54) is 0 Å². The van der Waals surface area contributed by atoms with Gasteiger partial charge >= 0.3 is 6.03 Å². The highest BCUT2D eigenvalue weighted by atomic mass is 32.1. The third kappa shape index (κ3) is 2.42. The van der Waals surface area contributed by atoms with Crippen LogP contribution in [0, 0.1) is 13.8 Å². The lowest BCUT2D eigenvalue weighted by Gasteiger charge is -2.38. The fourth-order valence-electron chi connectivity index (χ4n) is 3.15. The quantitative estimate of drug-likeness (QED) is 0.781. The molecule has 2 amide bonds. The number of fused-ring (bicyclic) bond motifs is 1. The summed E-state index contributed by atoms with van der Waals surface area (Å²) in [4.78, 5) is 20.8. The number of carbonyl (C=O) groups is 1. The number of hydrogen-bond acceptors (Lipinski definition) is 4. The summed E-state index contributed by atoms with van der Waals surface area (Å²) in [5.41, 5.74) is 8.74. The number of carbonyl (C=O) groups excluding carboxylic acids is 1. The largest absolute Gasteiger partial charge is 0.389 e. The molecule has 7 heteroatoms. The third-order valence-electron chi connectivity index (χ3n) is 4.10. The molecule has 2 saturated heterocycles. The molecule has 2 fully saturated rings. The summed E-state index contributed by atoms with van der Waals surface area (Å²) in [6.45, 7) is 6.85. The van der Waals surface area contributed by atoms with E-state index in [2.05, 4.69) is 15.2 Å². The zero-order valence-corrected chi connectivity index (χ0v) is 13.0. The number of piperazine rings is 1. The molecule has 0 spiro atoms. The second-order valence-corrected chi connectivity index (χ2v) is 6.06. The Bertz CT molecular complexity index is 618. The molecule has 1 aromatic heterocycles. The van der Waals surface area contributed by atoms with Gasteiger partial charge in [-0.25, -0.2) is 9.78 Å². The van der Waals surface area contributed by atoms with Gasteiger partial charge in [-0.15, -0.1) is 0 Å². The predicted molar refractivity (Wildman–Crippen MR) is 85.7 cm³/mol. The van der Waals surface area contributed by atoms with Crippen molar-refractivity contribution in [3.05, 3.63) is 22.9 Å². The van der Waals surface area contributed by atoms with Gasteiger partial charge in [-0.2, -0.15) is 0 Å². The number of amides is 2. The van der Waals surface area contributed by atoms with Crippen LogP contribution in [-0.4, -0.2) is 53.1 Å². The number of aromatic nitrogens is 1. The average molecular weight is 305 g/mol. The number of nitrogens with one attached hydrogen (secondary N) is 1. The van der Waals surface area contributed by atoms with Crippen molar-refractivity contribution in [3.8, 4) is 0 Å². The van der Waals surface area contributed by atoms with Gasteiger partial charge in [-0.05, 0) is 25.5 Å². The lowest BCUT2D eigenvalue weighted by Crippen LogP contribution is -2.52. The zero-order valence-electron chi connectivity index (χ0n) is 12.2. The lowest BCUT2D eigenvalue weighted by atomic mass is 10.1. The van der Waals surface area contributed by atoms with Gasteiger partial charge in [0.1, 0.15) is 10.8 Å². The Morgan fingerprint density at radius 2 is 2.24 bits per heavy atom. The van der Waals surface area contributed by atoms with E-state index in [4.69, 9.17) is 18.0 Å². The van der Waals surface area contributed by atoms with Crippen molar-refractivity contribution in [2.45, 2.75) is 19.9 Å². The fraction of sp³-hybridized carbons (Fsp3) is 0.500. The van der Waals surface area contributed by atoms with Crippen LogP contribution in [0.5, 0.6) is 0 Å². The van der Waals surface area contributed by atoms with Crippen molar-refractivity contribution in [2.75, 3.05) is 31.1 Å². The van der Waals surface area contributed by atoms with Crippen molar-refractivity contribution in [2.24, 2.45) is 5.73 Å². The molecule has 21 heavy (non-hydrogen) atoms. The number of thiocarbonyl (C=S) groups is 1. The average Bonchev–Trinajstić information content (AvgIpc) is 2.78. The second kappa shape index (κ2) is 5.14. The molecule has 1 atom stereocenters. The molecule has 2 aliphatic rings. The highest BCUT2D eigenvalue weighted by molar-refractivity contribution is 7.80. The zero-order chi connectivity index (χ0) is 15.1. The first-order chi connectivity index (χ1) is 9.97. The van der Waals surface area contributed by atoms with Crippen molar-refractivity contribution >= 4 is 29.1 Å². The molecule has 3 N–H and O–H groups in total. The van der Waals surface area contributed by atoms with Gasteiger partial charge in [0.2, 0.25) is 0 Å². The normalized spacial score (nSPS) is 21.2. The Morgan fingerprint density at radius 3 is 2.95 bits per heavy atom. The maximum Gasteiger partial charge on any atom is 0.317 e. The van der Waals surface area contributed by atoms with Crippen LogP contribution < -0.4 is 16.0 Å². The molecule has 0 saturated carbocycles. The van der Waals surface area contributed by atoms with Crippen molar-refractivity contribution < 1.29 is 4.79 Å². The number of nitrogens with zero attached hydrogens (tertiary/aromatic N) is 3. The Kier molecular flexibility index (Phi) is 3.44. The van der Waals surface area contributed by atoms with E-state index in [-0.39, 0.29) is 12.1 Å². The SMILES string of the molecule is Cc1cc(C)c(C(N)=S)c(N2CCN3C(=O)NCC3C2)n1. The van der Waals surface area contributed by atoms with Crippen LogP contribution in [0.15, 0.2) is 6.07 Å². The summed E-state index contributed by atoms with van der Waals surface area (Å²) in [7, 11) is 0. The Labute approximate surface area is 129 Å². The molecule has 3 heterocycles. The first kappa shape index (κ1) is 14.1. The van der Waals surface area contributed by atoms with Gasteiger partial charge in [-0.3, -0.25) is 0 Å². The summed E-state index contributed by atoms with van der Waals surface area (Å²) in [5.74, 6) is 0.846. The van der Waals surface area contributed by atoms with E-state index in [9.17, 15) is 4.79 Å². The Balaban J connectivity index is 1.94. The van der Waals surface area contributed by atoms with Crippen molar-refractivity contribution in [1.82, 2.24) is 15.2 Å². The van der Waals surface area contributed by atoms with Gasteiger partial charge in [0, 0.05) is 31.9 Å². The minimum Gasteiger partial charge on any atom is -0.389 e. The number of nitrogens with two attached hydrogens (primary N) is 1. The minimum absolute atomic E-state index is 0.0302. The summed E-state index contributed by atoms with van der Waals surface area (Å²) in [6, 6.07) is 2.21. The van der Waals surface area contributed by atoms with E-state index < -0.39 is 0 Å². The van der Waals surface area contributed by atoms with E-state index in [0.29, 0.717) is 18.1 Å². The van der Waals surface area contributed by atoms with Crippen LogP contribution in [0.4, 0.5) is 10.6 Å². The number of anilines is 1. The first-order valence-electron chi connectivity index (χ1n) is 7.05. The molecule has 0 radical (unpaired) electrons. The van der Waals surface area contributed by atoms with Crippen LogP contribution in [0.2, 0.25) is 0 Å². The lowest BCUT2D eigenvalue weighted by molar-refractivity contribution is 0.197. The maximum absolute atomic E-state index is 11.7. The van der Waals surface area contributed by atoms with E-state index in [0.717, 1.165) is 35.7 Å². The van der Waals surface area contributed by atoms with Gasteiger partial charge in [0.25, 0.3) is 0 Å². The van der Waals surface area contributed by atoms with E-state index in [1.54, 1.807) is 0 Å². The van der Waals surface area contributed by atoms with Crippen LogP contribution >= 0.6 is 12.2 Å². The highest BCUT2D eigenvalue weighted by Crippen LogP contribution is 2.26. The van der Waals surface area contributed by atoms with Crippen LogP contribution in [0.3, 0.4) is 0 Å². The van der Waals surface area contributed by atoms with Crippen molar-refractivity contribution in [1.29, 1.82) is 0 Å². The number of rotatable bonds is 2. The molecule has 1 aromatic rings. The number of pyridine rings is 1. The molecular weight excluding hydrogens is 286 g/mol. The second-order valence-electron chi connectivity index (χ2n) is 5.62. The fourth-order valence-corrected chi connectivity index (χ4v) is 3.40. The van der Waals surface area contributed by atoms with Gasteiger partial charge in [0.05, 0.1) is 11.6 Å². The summed E-state index contributed by atoms with van der Waals surface area (Å²) in [6.07, 6.45) is 0. The highest BCUT2D eigenvalue weighted by Gasteiger charge is 2.36. The van der Waals surface area contributed by atoms with Crippen molar-refractivity contribution in [3.63, 3.8) is 0 Å². The molecule has 0 aromatic carbocycles. The molecule has 0 aliphatic carbocycles. The van der Waals surface area contributed by atoms with E-state index >= 15 is 0 Å². The molecule has 0 bridgehead atoms. The Hall–Kier alpha value is -1.89. The molecular formula is C14H19N5OS. The standard InChI is InChI=1S/C14H19N5OS/c1-8-5-9(2)17-13(11(8)12(15)21)18-3-4-19-10(7-18)6-16-14(19)20/h5,10H,3-4,6-7H2,1-2H3,(H2,15,21)(H,16,20). The maximum atomic E-state index is 11.7. The van der Waals surface area contributed by atoms with Crippen LogP contribution in [0.25, 0.3) is 0 Å². The molecule has 112 valence electrons. The summed E-state index contributed by atoms with van der Waals surface area (Å²) < 4.78 is 0. The number of aryl methyl sites for hydroxylation is 2. The predicted octanol–water partition coefficient (Wildman–Crippen LogP) is 0.546. The minimum atomic E-state index is 0.0302. The topological polar surface area (TPSA) is 74.5 Å². The first-order valence-corrected chi connectivity index (χ1v) is 7.45. The summed E-state index contributed by atoms with van der Waals surface area (Å²) in [5, 5.41) is 2.88. The van der Waals surface area contributed by atoms with E-state index in [1.807, 2.05) is 24.8 Å². The van der Waals surface area contributed by atoms with Crippen LogP contribution in [0.1, 0.15) is 16.8 Å². The molecule has 2 aliphatic heterocycles. The smallest absolute Gasteiger partial charge is 0.317 e. The third-order valence-corrected chi connectivity index (χ3v) is 4.31. The van der Waals surface area contributed by atoms with Gasteiger partial charge < -0.3 is 20.9 Å². The number of urea groups is 1. The van der Waals surface area contributed by atoms with Crippen LogP contribution in [-0.2, 0) is 0 Å². The van der Waals surface area contributed by atoms with Gasteiger partial charge in [-0.1, -0.05) is 12.2 Å². The Morgan fingerprint density at radius 1 is 1.48 bits per heavy atom. The monoisotopic (exact) mass is 305 g/mol.